The van der Waals surface area contributed by atoms with E-state index in [0.29, 0.717) is 6.54 Å². The van der Waals surface area contributed by atoms with Gasteiger partial charge in [-0.1, -0.05) is 30.3 Å². The summed E-state index contributed by atoms with van der Waals surface area (Å²) in [6.07, 6.45) is 2.35. The van der Waals surface area contributed by atoms with Gasteiger partial charge in [0.05, 0.1) is 3.79 Å². The molecule has 21 heavy (non-hydrogen) atoms. The summed E-state index contributed by atoms with van der Waals surface area (Å²) in [6, 6.07) is 15.6. The molecule has 0 unspecified atom stereocenters. The van der Waals surface area contributed by atoms with Crippen LogP contribution in [0.15, 0.2) is 51.8 Å². The van der Waals surface area contributed by atoms with Crippen LogP contribution >= 0.6 is 27.3 Å². The molecule has 0 saturated carbocycles. The van der Waals surface area contributed by atoms with Crippen molar-refractivity contribution in [1.82, 2.24) is 5.32 Å². The van der Waals surface area contributed by atoms with Crippen molar-refractivity contribution in [1.29, 1.82) is 5.26 Å². The molecule has 1 heterocycles. The van der Waals surface area contributed by atoms with E-state index in [1.54, 1.807) is 6.08 Å². The van der Waals surface area contributed by atoms with Gasteiger partial charge in [0.15, 0.2) is 0 Å². The Bertz CT molecular complexity index is 686. The number of carbonyl (C=O) groups excluding carboxylic acids is 1. The Balaban J connectivity index is 1.92. The van der Waals surface area contributed by atoms with Gasteiger partial charge in [-0.15, -0.1) is 11.3 Å². The third-order valence-electron chi connectivity index (χ3n) is 2.79. The molecule has 1 N–H and O–H groups in total. The zero-order valence-corrected chi connectivity index (χ0v) is 13.6. The number of nitriles is 1. The fraction of sp³-hybridized carbons (Fsp3) is 0.125. The summed E-state index contributed by atoms with van der Waals surface area (Å²) < 4.78 is 0.968. The molecule has 1 amide bonds. The summed E-state index contributed by atoms with van der Waals surface area (Å²) in [6.45, 7) is 0.510. The number of halogens is 1. The molecule has 106 valence electrons. The molecule has 0 bridgehead atoms. The molecule has 0 radical (unpaired) electrons. The summed E-state index contributed by atoms with van der Waals surface area (Å²) in [5.41, 5.74) is 1.28. The highest BCUT2D eigenvalue weighted by Gasteiger charge is 2.09. The van der Waals surface area contributed by atoms with Crippen LogP contribution in [-0.4, -0.2) is 12.5 Å². The largest absolute Gasteiger partial charge is 0.351 e. The van der Waals surface area contributed by atoms with Crippen LogP contribution in [0.2, 0.25) is 0 Å². The Morgan fingerprint density at radius 1 is 1.29 bits per heavy atom. The van der Waals surface area contributed by atoms with Gasteiger partial charge < -0.3 is 5.32 Å². The predicted octanol–water partition coefficient (Wildman–Crippen LogP) is 3.78. The molecule has 1 aromatic heterocycles. The molecule has 2 aromatic rings. The first-order valence-electron chi connectivity index (χ1n) is 6.38. The normalized spacial score (nSPS) is 11.0. The first-order valence-corrected chi connectivity index (χ1v) is 7.99. The summed E-state index contributed by atoms with van der Waals surface area (Å²) in [5.74, 6) is -0.335. The Morgan fingerprint density at radius 2 is 2.05 bits per heavy atom. The molecule has 0 atom stereocenters. The van der Waals surface area contributed by atoms with E-state index in [9.17, 15) is 4.79 Å². The Morgan fingerprint density at radius 3 is 2.67 bits per heavy atom. The highest BCUT2D eigenvalue weighted by atomic mass is 79.9. The maximum absolute atomic E-state index is 12.0. The van der Waals surface area contributed by atoms with E-state index in [1.165, 1.54) is 11.3 Å². The maximum atomic E-state index is 12.0. The zero-order chi connectivity index (χ0) is 15.1. The zero-order valence-electron chi connectivity index (χ0n) is 11.2. The molecule has 1 aromatic carbocycles. The predicted molar refractivity (Wildman–Crippen MR) is 88.8 cm³/mol. The van der Waals surface area contributed by atoms with Gasteiger partial charge in [0.25, 0.3) is 5.91 Å². The Hall–Kier alpha value is -1.90. The lowest BCUT2D eigenvalue weighted by Crippen LogP contribution is -2.26. The van der Waals surface area contributed by atoms with E-state index >= 15 is 0 Å². The number of carbonyl (C=O) groups is 1. The first-order chi connectivity index (χ1) is 10.2. The second-order valence-electron chi connectivity index (χ2n) is 4.30. The van der Waals surface area contributed by atoms with Crippen LogP contribution in [0.4, 0.5) is 0 Å². The van der Waals surface area contributed by atoms with Gasteiger partial charge >= 0.3 is 0 Å². The van der Waals surface area contributed by atoms with Crippen molar-refractivity contribution in [3.05, 3.63) is 62.3 Å². The minimum absolute atomic E-state index is 0.123. The van der Waals surface area contributed by atoms with E-state index < -0.39 is 0 Å². The van der Waals surface area contributed by atoms with Crippen LogP contribution in [0.3, 0.4) is 0 Å². The fourth-order valence-electron chi connectivity index (χ4n) is 1.76. The number of hydrogen-bond acceptors (Lipinski definition) is 3. The number of benzene rings is 1. The molecule has 0 aliphatic carbocycles. The van der Waals surface area contributed by atoms with E-state index in [4.69, 9.17) is 5.26 Å². The fourth-order valence-corrected chi connectivity index (χ4v) is 3.12. The third kappa shape index (κ3) is 4.85. The van der Waals surface area contributed by atoms with Crippen LogP contribution in [0.25, 0.3) is 6.08 Å². The summed E-state index contributed by atoms with van der Waals surface area (Å²) >= 11 is 4.83. The number of nitrogens with one attached hydrogen (secondary N) is 1. The molecular weight excluding hydrogens is 348 g/mol. The van der Waals surface area contributed by atoms with Crippen LogP contribution < -0.4 is 5.32 Å². The second kappa shape index (κ2) is 7.77. The maximum Gasteiger partial charge on any atom is 0.261 e. The van der Waals surface area contributed by atoms with Crippen molar-refractivity contribution in [2.45, 2.75) is 6.42 Å². The molecule has 3 nitrogen and oxygen atoms in total. The average molecular weight is 361 g/mol. The summed E-state index contributed by atoms with van der Waals surface area (Å²) in [4.78, 5) is 12.8. The van der Waals surface area contributed by atoms with Crippen molar-refractivity contribution in [3.8, 4) is 6.07 Å². The number of nitrogens with zero attached hydrogens (tertiary/aromatic N) is 1. The number of thiophene rings is 1. The standard InChI is InChI=1S/C16H13BrN2OS/c17-15-7-6-14(21-15)10-13(11-18)16(20)19-9-8-12-4-2-1-3-5-12/h1-7,10H,8-9H2,(H,19,20)/b13-10+. The molecule has 5 heteroatoms. The van der Waals surface area contributed by atoms with Crippen LogP contribution in [0.1, 0.15) is 10.4 Å². The summed E-state index contributed by atoms with van der Waals surface area (Å²) in [5, 5.41) is 11.9. The quantitative estimate of drug-likeness (QED) is 0.651. The van der Waals surface area contributed by atoms with E-state index in [0.717, 1.165) is 20.6 Å². The van der Waals surface area contributed by atoms with Gasteiger partial charge in [-0.25, -0.2) is 0 Å². The molecule has 0 saturated heterocycles. The minimum Gasteiger partial charge on any atom is -0.351 e. The molecule has 2 rings (SSSR count). The number of amides is 1. The second-order valence-corrected chi connectivity index (χ2v) is 6.80. The van der Waals surface area contributed by atoms with Crippen molar-refractivity contribution >= 4 is 39.2 Å². The molecule has 0 spiro atoms. The molecule has 0 aliphatic heterocycles. The SMILES string of the molecule is N#C/C(=C\c1ccc(Br)s1)C(=O)NCCc1ccccc1. The highest BCUT2D eigenvalue weighted by molar-refractivity contribution is 9.11. The lowest BCUT2D eigenvalue weighted by molar-refractivity contribution is -0.117. The van der Waals surface area contributed by atoms with E-state index in [2.05, 4.69) is 21.2 Å². The molecular formula is C16H13BrN2OS. The smallest absolute Gasteiger partial charge is 0.261 e. The lowest BCUT2D eigenvalue weighted by atomic mass is 10.1. The third-order valence-corrected chi connectivity index (χ3v) is 4.36. The van der Waals surface area contributed by atoms with E-state index in [1.807, 2.05) is 48.5 Å². The van der Waals surface area contributed by atoms with Gasteiger partial charge in [-0.3, -0.25) is 4.79 Å². The van der Waals surface area contributed by atoms with Gasteiger partial charge in [-0.05, 0) is 46.1 Å². The monoisotopic (exact) mass is 360 g/mol. The van der Waals surface area contributed by atoms with Crippen molar-refractivity contribution in [2.75, 3.05) is 6.54 Å². The highest BCUT2D eigenvalue weighted by Crippen LogP contribution is 2.24. The van der Waals surface area contributed by atoms with Crippen molar-refractivity contribution in [3.63, 3.8) is 0 Å². The van der Waals surface area contributed by atoms with Crippen molar-refractivity contribution < 1.29 is 4.79 Å². The molecule has 0 aliphatic rings. The number of rotatable bonds is 5. The Labute approximate surface area is 136 Å². The topological polar surface area (TPSA) is 52.9 Å². The van der Waals surface area contributed by atoms with Gasteiger partial charge in [0.2, 0.25) is 0 Å². The molecule has 0 fully saturated rings. The van der Waals surface area contributed by atoms with Crippen LogP contribution in [0, 0.1) is 11.3 Å². The lowest BCUT2D eigenvalue weighted by Gasteiger charge is -2.04. The van der Waals surface area contributed by atoms with E-state index in [-0.39, 0.29) is 11.5 Å². The Kier molecular flexibility index (Phi) is 5.73. The van der Waals surface area contributed by atoms with Gasteiger partial charge in [-0.2, -0.15) is 5.26 Å². The summed E-state index contributed by atoms with van der Waals surface area (Å²) in [7, 11) is 0. The van der Waals surface area contributed by atoms with Crippen molar-refractivity contribution in [2.24, 2.45) is 0 Å². The van der Waals surface area contributed by atoms with Gasteiger partial charge in [0, 0.05) is 11.4 Å². The number of hydrogen-bond donors (Lipinski definition) is 1. The van der Waals surface area contributed by atoms with Crippen LogP contribution in [-0.2, 0) is 11.2 Å². The van der Waals surface area contributed by atoms with Crippen LogP contribution in [0.5, 0.6) is 0 Å². The average Bonchev–Trinajstić information content (AvgIpc) is 2.91. The van der Waals surface area contributed by atoms with Gasteiger partial charge in [0.1, 0.15) is 11.6 Å². The minimum atomic E-state index is -0.335. The first kappa shape index (κ1) is 15.5.